The molecule has 0 bridgehead atoms. The fourth-order valence-electron chi connectivity index (χ4n) is 2.31. The zero-order chi connectivity index (χ0) is 25.1. The summed E-state index contributed by atoms with van der Waals surface area (Å²) >= 11 is 0. The number of pyridine rings is 2. The number of aromatic nitrogens is 6. The van der Waals surface area contributed by atoms with E-state index in [1.165, 1.54) is 11.1 Å². The van der Waals surface area contributed by atoms with Crippen LogP contribution in [0, 0.1) is 0 Å². The van der Waals surface area contributed by atoms with Crippen LogP contribution in [0.2, 0.25) is 0 Å². The smallest absolute Gasteiger partial charge is 0.543 e. The average molecular weight is 563 g/mol. The number of aromatic carboxylic acids is 4. The Kier molecular flexibility index (Phi) is 15.4. The molecule has 4 aromatic rings. The summed E-state index contributed by atoms with van der Waals surface area (Å²) in [6, 6.07) is 7.93. The number of hydrogen-bond donors (Lipinski definition) is 4. The molecule has 16 nitrogen and oxygen atoms in total. The van der Waals surface area contributed by atoms with Gasteiger partial charge in [-0.25, -0.2) is 19.6 Å². The van der Waals surface area contributed by atoms with Crippen LogP contribution in [0.1, 0.15) is 42.0 Å². The van der Waals surface area contributed by atoms with Gasteiger partial charge in [-0.15, -0.1) is 0 Å². The molecular weight excluding hydrogens is 543 g/mol. The minimum atomic E-state index is -1.61. The van der Waals surface area contributed by atoms with Crippen LogP contribution in [0.15, 0.2) is 61.7 Å². The molecule has 10 N–H and O–H groups in total. The monoisotopic (exact) mass is 563 g/mol. The SMILES string of the molecule is O=C([O-])c1nc[nH]c1C(=O)O.O=C([O-])c1nc[nH]c1C(=O)O.[Co+2].[OH3+].[OH3+].c1cc(-c2ccncc2)ccn1. The van der Waals surface area contributed by atoms with Crippen LogP contribution in [-0.4, -0.2) is 64.0 Å². The van der Waals surface area contributed by atoms with Gasteiger partial charge in [0.15, 0.2) is 11.4 Å². The van der Waals surface area contributed by atoms with E-state index in [-0.39, 0.29) is 27.7 Å². The second-order valence-electron chi connectivity index (χ2n) is 5.91. The summed E-state index contributed by atoms with van der Waals surface area (Å²) in [6.45, 7) is 0. The molecule has 0 amide bonds. The van der Waals surface area contributed by atoms with Crippen molar-refractivity contribution in [3.63, 3.8) is 0 Å². The Morgan fingerprint density at radius 2 is 0.946 bits per heavy atom. The van der Waals surface area contributed by atoms with E-state index in [1.54, 1.807) is 24.8 Å². The molecular formula is C20H20CoN6O10+2. The van der Waals surface area contributed by atoms with Crippen molar-refractivity contribution in [1.29, 1.82) is 0 Å². The largest absolute Gasteiger partial charge is 2.00 e. The van der Waals surface area contributed by atoms with Gasteiger partial charge in [-0.3, -0.25) is 9.97 Å². The van der Waals surface area contributed by atoms with Crippen molar-refractivity contribution in [3.8, 4) is 11.1 Å². The van der Waals surface area contributed by atoms with Crippen molar-refractivity contribution in [2.24, 2.45) is 0 Å². The predicted octanol–water partition coefficient (Wildman–Crippen LogP) is -2.76. The number of carbonyl (C=O) groups excluding carboxylic acids is 2. The van der Waals surface area contributed by atoms with E-state index in [0.717, 1.165) is 12.7 Å². The van der Waals surface area contributed by atoms with Gasteiger partial charge in [-0.1, -0.05) is 0 Å². The third-order valence-electron chi connectivity index (χ3n) is 3.79. The zero-order valence-electron chi connectivity index (χ0n) is 18.4. The number of nitrogens with one attached hydrogen (secondary N) is 2. The van der Waals surface area contributed by atoms with Crippen molar-refractivity contribution >= 4 is 23.9 Å². The van der Waals surface area contributed by atoms with Gasteiger partial charge in [0.25, 0.3) is 0 Å². The van der Waals surface area contributed by atoms with E-state index in [9.17, 15) is 29.4 Å². The number of carbonyl (C=O) groups is 4. The van der Waals surface area contributed by atoms with Gasteiger partial charge in [-0.2, -0.15) is 0 Å². The normalized spacial score (nSPS) is 8.76. The summed E-state index contributed by atoms with van der Waals surface area (Å²) < 4.78 is 0. The van der Waals surface area contributed by atoms with Gasteiger partial charge in [0, 0.05) is 24.8 Å². The van der Waals surface area contributed by atoms with Gasteiger partial charge in [0.1, 0.15) is 11.4 Å². The maximum Gasteiger partial charge on any atom is 2.00 e. The Balaban J connectivity index is 0. The number of aromatic amines is 2. The quantitative estimate of drug-likeness (QED) is 0.179. The second-order valence-corrected chi connectivity index (χ2v) is 5.91. The van der Waals surface area contributed by atoms with Crippen LogP contribution in [0.4, 0.5) is 0 Å². The van der Waals surface area contributed by atoms with Crippen molar-refractivity contribution in [1.82, 2.24) is 29.9 Å². The first kappa shape index (κ1) is 34.2. The Morgan fingerprint density at radius 3 is 1.16 bits per heavy atom. The molecule has 0 aliphatic carbocycles. The number of carboxylic acid groups (broad SMARTS) is 4. The summed E-state index contributed by atoms with van der Waals surface area (Å²) in [5, 5.41) is 36.9. The predicted molar refractivity (Wildman–Crippen MR) is 117 cm³/mol. The van der Waals surface area contributed by atoms with Crippen LogP contribution in [0.25, 0.3) is 11.1 Å². The zero-order valence-corrected chi connectivity index (χ0v) is 19.4. The molecule has 4 aromatic heterocycles. The summed E-state index contributed by atoms with van der Waals surface area (Å²) in [4.78, 5) is 59.4. The third-order valence-corrected chi connectivity index (χ3v) is 3.79. The minimum Gasteiger partial charge on any atom is -0.543 e. The molecule has 0 unspecified atom stereocenters. The van der Waals surface area contributed by atoms with Gasteiger partial charge in [0.2, 0.25) is 0 Å². The molecule has 0 fully saturated rings. The van der Waals surface area contributed by atoms with E-state index in [0.29, 0.717) is 0 Å². The van der Waals surface area contributed by atoms with Gasteiger partial charge < -0.3 is 50.9 Å². The number of hydrogen-bond acceptors (Lipinski definition) is 10. The molecule has 4 heterocycles. The molecule has 197 valence electrons. The summed E-state index contributed by atoms with van der Waals surface area (Å²) in [7, 11) is 0. The second kappa shape index (κ2) is 16.6. The Morgan fingerprint density at radius 1 is 0.649 bits per heavy atom. The average Bonchev–Trinajstić information content (AvgIpc) is 3.51. The van der Waals surface area contributed by atoms with Crippen molar-refractivity contribution in [2.75, 3.05) is 0 Å². The summed E-state index contributed by atoms with van der Waals surface area (Å²) in [5.41, 5.74) is 0.241. The maximum absolute atomic E-state index is 10.2. The van der Waals surface area contributed by atoms with E-state index in [1.807, 2.05) is 24.3 Å². The first-order valence-electron chi connectivity index (χ1n) is 8.98. The molecule has 0 atom stereocenters. The van der Waals surface area contributed by atoms with Gasteiger partial charge in [0.05, 0.1) is 24.6 Å². The van der Waals surface area contributed by atoms with E-state index >= 15 is 0 Å². The van der Waals surface area contributed by atoms with Crippen LogP contribution in [0.3, 0.4) is 0 Å². The maximum atomic E-state index is 10.2. The van der Waals surface area contributed by atoms with Crippen molar-refractivity contribution < 1.29 is 67.3 Å². The molecule has 0 aliphatic rings. The molecule has 4 rings (SSSR count). The van der Waals surface area contributed by atoms with Crippen LogP contribution in [-0.2, 0) is 27.7 Å². The molecule has 17 heteroatoms. The van der Waals surface area contributed by atoms with Gasteiger partial charge in [-0.05, 0) is 35.4 Å². The fraction of sp³-hybridized carbons (Fsp3) is 0. The summed E-state index contributed by atoms with van der Waals surface area (Å²) in [5.74, 6) is -5.96. The molecule has 0 aromatic carbocycles. The Hall–Kier alpha value is -4.97. The fourth-order valence-corrected chi connectivity index (χ4v) is 2.31. The van der Waals surface area contributed by atoms with Crippen molar-refractivity contribution in [3.05, 3.63) is 84.5 Å². The Bertz CT molecular complexity index is 1120. The molecule has 0 saturated heterocycles. The van der Waals surface area contributed by atoms with E-state index < -0.39 is 46.7 Å². The number of carboxylic acids is 4. The number of nitrogens with zero attached hydrogens (tertiary/aromatic N) is 4. The molecule has 0 spiro atoms. The molecule has 0 saturated carbocycles. The van der Waals surface area contributed by atoms with E-state index in [2.05, 4.69) is 29.9 Å². The topological polar surface area (TPSA) is 304 Å². The van der Waals surface area contributed by atoms with Crippen LogP contribution < -0.4 is 10.2 Å². The number of rotatable bonds is 5. The molecule has 0 aliphatic heterocycles. The standard InChI is InChI=1S/C10H8N2.2C5H4N2O4.Co.2H2O/c1-5-11-6-2-9(1)10-3-7-12-8-4-10;2*8-4(9)2-3(5(10)11)7-1-6-2;;;/h1-8H;2*1H,(H,6,7)(H,8,9)(H,10,11);;2*1H2/q;;;+2;;. The molecule has 37 heavy (non-hydrogen) atoms. The van der Waals surface area contributed by atoms with E-state index in [4.69, 9.17) is 10.2 Å². The first-order chi connectivity index (χ1) is 16.2. The number of H-pyrrole nitrogens is 2. The van der Waals surface area contributed by atoms with Crippen LogP contribution in [0.5, 0.6) is 0 Å². The minimum absolute atomic E-state index is 0. The summed E-state index contributed by atoms with van der Waals surface area (Å²) in [6.07, 6.45) is 9.11. The van der Waals surface area contributed by atoms with Crippen LogP contribution >= 0.6 is 0 Å². The third kappa shape index (κ3) is 10.0. The first-order valence-corrected chi connectivity index (χ1v) is 8.98. The Labute approximate surface area is 216 Å². The molecule has 1 radical (unpaired) electrons. The van der Waals surface area contributed by atoms with Gasteiger partial charge >= 0.3 is 28.7 Å². The van der Waals surface area contributed by atoms with Crippen molar-refractivity contribution in [2.45, 2.75) is 0 Å². The number of imidazole rings is 2.